The second kappa shape index (κ2) is 5.16. The molecular formula is C11H14N2OS. The minimum absolute atomic E-state index is 0.191. The van der Waals surface area contributed by atoms with E-state index in [0.717, 1.165) is 23.5 Å². The molecule has 1 amide bonds. The maximum atomic E-state index is 11.7. The first-order valence-corrected chi connectivity index (χ1v) is 6.26. The van der Waals surface area contributed by atoms with Crippen LogP contribution in [0.2, 0.25) is 0 Å². The average molecular weight is 222 g/mol. The quantitative estimate of drug-likeness (QED) is 0.841. The van der Waals surface area contributed by atoms with Crippen molar-refractivity contribution in [2.45, 2.75) is 13.0 Å². The predicted molar refractivity (Wildman–Crippen MR) is 61.5 cm³/mol. The van der Waals surface area contributed by atoms with E-state index in [-0.39, 0.29) is 11.8 Å². The molecule has 3 nitrogen and oxygen atoms in total. The van der Waals surface area contributed by atoms with E-state index < -0.39 is 0 Å². The molecule has 0 spiro atoms. The van der Waals surface area contributed by atoms with Gasteiger partial charge in [-0.15, -0.1) is 0 Å². The van der Waals surface area contributed by atoms with E-state index in [4.69, 9.17) is 0 Å². The van der Waals surface area contributed by atoms with Crippen LogP contribution in [0.5, 0.6) is 0 Å². The van der Waals surface area contributed by atoms with Crippen molar-refractivity contribution in [1.29, 1.82) is 0 Å². The van der Waals surface area contributed by atoms with Gasteiger partial charge in [-0.1, -0.05) is 0 Å². The van der Waals surface area contributed by atoms with Crippen molar-refractivity contribution in [3.63, 3.8) is 0 Å². The fraction of sp³-hybridized carbons (Fsp3) is 0.455. The highest BCUT2D eigenvalue weighted by molar-refractivity contribution is 7.99. The number of thioether (sulfide) groups is 1. The number of amides is 1. The van der Waals surface area contributed by atoms with Crippen LogP contribution >= 0.6 is 11.8 Å². The highest BCUT2D eigenvalue weighted by atomic mass is 32.2. The molecule has 1 atom stereocenters. The molecule has 0 aliphatic carbocycles. The lowest BCUT2D eigenvalue weighted by Crippen LogP contribution is -2.30. The number of carbonyl (C=O) groups is 1. The second-order valence-electron chi connectivity index (χ2n) is 3.63. The standard InChI is InChI=1S/C11H14N2OS/c14-11(10-3-6-15-8-10)13-7-9-1-4-12-5-2-9/h1-2,4-5,10H,3,6-8H2,(H,13,14). The first-order valence-electron chi connectivity index (χ1n) is 5.10. The number of pyridine rings is 1. The van der Waals surface area contributed by atoms with Crippen LogP contribution in [0.3, 0.4) is 0 Å². The lowest BCUT2D eigenvalue weighted by molar-refractivity contribution is -0.124. The zero-order valence-corrected chi connectivity index (χ0v) is 9.30. The molecule has 0 saturated carbocycles. The van der Waals surface area contributed by atoms with Crippen molar-refractivity contribution in [2.24, 2.45) is 5.92 Å². The highest BCUT2D eigenvalue weighted by Gasteiger charge is 2.22. The van der Waals surface area contributed by atoms with E-state index in [0.29, 0.717) is 6.54 Å². The molecule has 0 radical (unpaired) electrons. The number of aromatic nitrogens is 1. The summed E-state index contributed by atoms with van der Waals surface area (Å²) in [5.41, 5.74) is 1.10. The molecule has 1 N–H and O–H groups in total. The third-order valence-electron chi connectivity index (χ3n) is 2.52. The Kier molecular flexibility index (Phi) is 3.61. The molecule has 15 heavy (non-hydrogen) atoms. The fourth-order valence-corrected chi connectivity index (χ4v) is 2.80. The number of carbonyl (C=O) groups excluding carboxylic acids is 1. The Hall–Kier alpha value is -1.03. The van der Waals surface area contributed by atoms with Crippen molar-refractivity contribution in [2.75, 3.05) is 11.5 Å². The summed E-state index contributed by atoms with van der Waals surface area (Å²) in [5, 5.41) is 2.96. The molecule has 4 heteroatoms. The van der Waals surface area contributed by atoms with E-state index >= 15 is 0 Å². The third kappa shape index (κ3) is 2.96. The summed E-state index contributed by atoms with van der Waals surface area (Å²) in [6, 6.07) is 3.84. The Morgan fingerprint density at radius 1 is 1.53 bits per heavy atom. The van der Waals surface area contributed by atoms with Gasteiger partial charge in [0.25, 0.3) is 0 Å². The van der Waals surface area contributed by atoms with Gasteiger partial charge in [0.1, 0.15) is 0 Å². The predicted octanol–water partition coefficient (Wildman–Crippen LogP) is 1.45. The molecule has 0 bridgehead atoms. The molecule has 2 heterocycles. The van der Waals surface area contributed by atoms with E-state index in [2.05, 4.69) is 10.3 Å². The summed E-state index contributed by atoms with van der Waals surface area (Å²) < 4.78 is 0. The Bertz CT molecular complexity index is 323. The third-order valence-corrected chi connectivity index (χ3v) is 3.68. The molecule has 0 aromatic carbocycles. The fourth-order valence-electron chi connectivity index (χ4n) is 1.58. The topological polar surface area (TPSA) is 42.0 Å². The van der Waals surface area contributed by atoms with Crippen LogP contribution in [0.1, 0.15) is 12.0 Å². The van der Waals surface area contributed by atoms with E-state index in [1.165, 1.54) is 0 Å². The van der Waals surface area contributed by atoms with Crippen LogP contribution in [-0.2, 0) is 11.3 Å². The monoisotopic (exact) mass is 222 g/mol. The second-order valence-corrected chi connectivity index (χ2v) is 4.78. The maximum Gasteiger partial charge on any atom is 0.224 e. The van der Waals surface area contributed by atoms with Crippen LogP contribution < -0.4 is 5.32 Å². The molecule has 1 aromatic heterocycles. The number of nitrogens with one attached hydrogen (secondary N) is 1. The summed E-state index contributed by atoms with van der Waals surface area (Å²) in [6.07, 6.45) is 4.51. The van der Waals surface area contributed by atoms with Crippen LogP contribution in [0, 0.1) is 5.92 Å². The number of hydrogen-bond acceptors (Lipinski definition) is 3. The molecule has 1 aromatic rings. The van der Waals surface area contributed by atoms with E-state index in [1.54, 1.807) is 12.4 Å². The molecule has 1 saturated heterocycles. The smallest absolute Gasteiger partial charge is 0.224 e. The van der Waals surface area contributed by atoms with Gasteiger partial charge in [-0.05, 0) is 29.9 Å². The van der Waals surface area contributed by atoms with Crippen LogP contribution in [-0.4, -0.2) is 22.4 Å². The minimum atomic E-state index is 0.191. The van der Waals surface area contributed by atoms with Gasteiger partial charge in [0, 0.05) is 30.6 Å². The first kappa shape index (κ1) is 10.5. The van der Waals surface area contributed by atoms with Gasteiger partial charge in [0.2, 0.25) is 5.91 Å². The van der Waals surface area contributed by atoms with Crippen molar-refractivity contribution >= 4 is 17.7 Å². The summed E-state index contributed by atoms with van der Waals surface area (Å²) >= 11 is 1.86. The summed E-state index contributed by atoms with van der Waals surface area (Å²) in [5.74, 6) is 2.50. The van der Waals surface area contributed by atoms with Crippen LogP contribution in [0.4, 0.5) is 0 Å². The van der Waals surface area contributed by atoms with Crippen molar-refractivity contribution in [3.8, 4) is 0 Å². The number of nitrogens with zero attached hydrogens (tertiary/aromatic N) is 1. The molecule has 2 rings (SSSR count). The molecule has 1 unspecified atom stereocenters. The molecule has 1 aliphatic rings. The SMILES string of the molecule is O=C(NCc1ccncc1)C1CCSC1. The average Bonchev–Trinajstić information content (AvgIpc) is 2.81. The lowest BCUT2D eigenvalue weighted by Gasteiger charge is -2.09. The highest BCUT2D eigenvalue weighted by Crippen LogP contribution is 2.23. The summed E-state index contributed by atoms with van der Waals surface area (Å²) in [4.78, 5) is 15.6. The Morgan fingerprint density at radius 3 is 3.00 bits per heavy atom. The lowest BCUT2D eigenvalue weighted by atomic mass is 10.1. The van der Waals surface area contributed by atoms with Gasteiger partial charge in [0.15, 0.2) is 0 Å². The molecule has 1 aliphatic heterocycles. The Balaban J connectivity index is 1.80. The molecule has 1 fully saturated rings. The maximum absolute atomic E-state index is 11.7. The van der Waals surface area contributed by atoms with Gasteiger partial charge in [-0.3, -0.25) is 9.78 Å². The van der Waals surface area contributed by atoms with Crippen LogP contribution in [0.25, 0.3) is 0 Å². The van der Waals surface area contributed by atoms with Gasteiger partial charge in [-0.25, -0.2) is 0 Å². The van der Waals surface area contributed by atoms with E-state index in [9.17, 15) is 4.79 Å². The first-order chi connectivity index (χ1) is 7.36. The Labute approximate surface area is 93.7 Å². The minimum Gasteiger partial charge on any atom is -0.352 e. The van der Waals surface area contributed by atoms with Gasteiger partial charge < -0.3 is 5.32 Å². The van der Waals surface area contributed by atoms with Gasteiger partial charge >= 0.3 is 0 Å². The van der Waals surface area contributed by atoms with E-state index in [1.807, 2.05) is 23.9 Å². The summed E-state index contributed by atoms with van der Waals surface area (Å²) in [7, 11) is 0. The molecule has 80 valence electrons. The van der Waals surface area contributed by atoms with Gasteiger partial charge in [-0.2, -0.15) is 11.8 Å². The summed E-state index contributed by atoms with van der Waals surface area (Å²) in [6.45, 7) is 0.614. The zero-order valence-electron chi connectivity index (χ0n) is 8.48. The van der Waals surface area contributed by atoms with Crippen molar-refractivity contribution in [1.82, 2.24) is 10.3 Å². The number of rotatable bonds is 3. The Morgan fingerprint density at radius 2 is 2.33 bits per heavy atom. The van der Waals surface area contributed by atoms with Crippen LogP contribution in [0.15, 0.2) is 24.5 Å². The largest absolute Gasteiger partial charge is 0.352 e. The number of hydrogen-bond donors (Lipinski definition) is 1. The normalized spacial score (nSPS) is 20.1. The van der Waals surface area contributed by atoms with Crippen molar-refractivity contribution < 1.29 is 4.79 Å². The zero-order chi connectivity index (χ0) is 10.5. The van der Waals surface area contributed by atoms with Gasteiger partial charge in [0.05, 0.1) is 0 Å². The van der Waals surface area contributed by atoms with Crippen molar-refractivity contribution in [3.05, 3.63) is 30.1 Å². The molecular weight excluding hydrogens is 208 g/mol.